The van der Waals surface area contributed by atoms with Gasteiger partial charge in [0.2, 0.25) is 5.91 Å². The molecule has 0 aliphatic carbocycles. The molecule has 2 unspecified atom stereocenters. The standard InChI is InChI=1S/C11H12ClFN2O/c12-7-3-6(4-8(13)5-7)11-9(14)1-2-10(16)15-11/h3-5,9,11H,1-2,14H2,(H,15,16). The predicted molar refractivity (Wildman–Crippen MR) is 59.5 cm³/mol. The maximum atomic E-state index is 13.2. The van der Waals surface area contributed by atoms with Gasteiger partial charge in [-0.2, -0.15) is 0 Å². The summed E-state index contributed by atoms with van der Waals surface area (Å²) in [6, 6.07) is 3.65. The monoisotopic (exact) mass is 242 g/mol. The summed E-state index contributed by atoms with van der Waals surface area (Å²) in [4.78, 5) is 11.3. The average Bonchev–Trinajstić information content (AvgIpc) is 2.20. The van der Waals surface area contributed by atoms with Crippen LogP contribution in [0.4, 0.5) is 4.39 Å². The summed E-state index contributed by atoms with van der Waals surface area (Å²) in [6.45, 7) is 0. The van der Waals surface area contributed by atoms with Crippen molar-refractivity contribution in [2.24, 2.45) is 5.73 Å². The molecule has 3 N–H and O–H groups in total. The van der Waals surface area contributed by atoms with E-state index in [9.17, 15) is 9.18 Å². The summed E-state index contributed by atoms with van der Waals surface area (Å²) in [5.41, 5.74) is 6.51. The number of hydrogen-bond donors (Lipinski definition) is 2. The zero-order valence-corrected chi connectivity index (χ0v) is 9.30. The third-order valence-electron chi connectivity index (χ3n) is 2.69. The second kappa shape index (κ2) is 4.39. The zero-order chi connectivity index (χ0) is 11.7. The summed E-state index contributed by atoms with van der Waals surface area (Å²) in [6.07, 6.45) is 1.02. The van der Waals surface area contributed by atoms with E-state index in [2.05, 4.69) is 5.32 Å². The molecule has 1 aromatic rings. The van der Waals surface area contributed by atoms with E-state index >= 15 is 0 Å². The highest BCUT2D eigenvalue weighted by Gasteiger charge is 2.27. The zero-order valence-electron chi connectivity index (χ0n) is 8.54. The Kier molecular flexibility index (Phi) is 3.12. The first-order chi connectivity index (χ1) is 7.56. The Bertz CT molecular complexity index is 404. The Labute approximate surface area is 97.8 Å². The Morgan fingerprint density at radius 3 is 2.88 bits per heavy atom. The third-order valence-corrected chi connectivity index (χ3v) is 2.91. The minimum atomic E-state index is -0.422. The van der Waals surface area contributed by atoms with Crippen LogP contribution in [0.15, 0.2) is 18.2 Å². The van der Waals surface area contributed by atoms with Crippen LogP contribution in [-0.2, 0) is 4.79 Å². The number of piperidine rings is 1. The van der Waals surface area contributed by atoms with Crippen LogP contribution in [-0.4, -0.2) is 11.9 Å². The minimum Gasteiger partial charge on any atom is -0.348 e. The molecule has 1 amide bonds. The number of carbonyl (C=O) groups is 1. The summed E-state index contributed by atoms with van der Waals surface area (Å²) in [5, 5.41) is 3.06. The second-order valence-corrected chi connectivity index (χ2v) is 4.39. The first-order valence-corrected chi connectivity index (χ1v) is 5.45. The van der Waals surface area contributed by atoms with Crippen LogP contribution in [0.1, 0.15) is 24.4 Å². The first kappa shape index (κ1) is 11.4. The van der Waals surface area contributed by atoms with Crippen molar-refractivity contribution in [1.82, 2.24) is 5.32 Å². The lowest BCUT2D eigenvalue weighted by Gasteiger charge is -2.30. The van der Waals surface area contributed by atoms with Crippen molar-refractivity contribution in [3.05, 3.63) is 34.6 Å². The maximum Gasteiger partial charge on any atom is 0.220 e. The molecule has 2 atom stereocenters. The SMILES string of the molecule is NC1CCC(=O)NC1c1cc(F)cc(Cl)c1. The smallest absolute Gasteiger partial charge is 0.220 e. The molecule has 0 radical (unpaired) electrons. The van der Waals surface area contributed by atoms with Crippen LogP contribution in [0.3, 0.4) is 0 Å². The molecule has 0 bridgehead atoms. The highest BCUT2D eigenvalue weighted by Crippen LogP contribution is 2.25. The molecular formula is C11H12ClFN2O. The molecule has 2 rings (SSSR count). The normalized spacial score (nSPS) is 25.3. The highest BCUT2D eigenvalue weighted by atomic mass is 35.5. The molecule has 1 aromatic carbocycles. The van der Waals surface area contributed by atoms with Crippen LogP contribution in [0.2, 0.25) is 5.02 Å². The van der Waals surface area contributed by atoms with Crippen LogP contribution in [0, 0.1) is 5.82 Å². The van der Waals surface area contributed by atoms with Gasteiger partial charge in [0.05, 0.1) is 6.04 Å². The maximum absolute atomic E-state index is 13.2. The Balaban J connectivity index is 2.31. The van der Waals surface area contributed by atoms with Gasteiger partial charge in [0.15, 0.2) is 0 Å². The molecule has 1 saturated heterocycles. The highest BCUT2D eigenvalue weighted by molar-refractivity contribution is 6.30. The summed E-state index contributed by atoms with van der Waals surface area (Å²) in [7, 11) is 0. The molecule has 86 valence electrons. The van der Waals surface area contributed by atoms with Gasteiger partial charge in [0.25, 0.3) is 0 Å². The van der Waals surface area contributed by atoms with E-state index in [0.29, 0.717) is 23.4 Å². The van der Waals surface area contributed by atoms with Crippen molar-refractivity contribution >= 4 is 17.5 Å². The van der Waals surface area contributed by atoms with Crippen molar-refractivity contribution in [3.8, 4) is 0 Å². The number of amides is 1. The van der Waals surface area contributed by atoms with E-state index in [1.165, 1.54) is 12.1 Å². The van der Waals surface area contributed by atoms with Crippen molar-refractivity contribution in [2.45, 2.75) is 24.9 Å². The molecule has 1 heterocycles. The lowest BCUT2D eigenvalue weighted by atomic mass is 9.93. The van der Waals surface area contributed by atoms with Gasteiger partial charge in [-0.05, 0) is 30.2 Å². The molecule has 1 fully saturated rings. The number of halogens is 2. The van der Waals surface area contributed by atoms with E-state index < -0.39 is 5.82 Å². The quantitative estimate of drug-likeness (QED) is 0.789. The second-order valence-electron chi connectivity index (χ2n) is 3.95. The van der Waals surface area contributed by atoms with Crippen LogP contribution in [0.25, 0.3) is 0 Å². The minimum absolute atomic E-state index is 0.0629. The van der Waals surface area contributed by atoms with Crippen molar-refractivity contribution in [3.63, 3.8) is 0 Å². The Hall–Kier alpha value is -1.13. The van der Waals surface area contributed by atoms with E-state index in [0.717, 1.165) is 0 Å². The van der Waals surface area contributed by atoms with Gasteiger partial charge in [-0.1, -0.05) is 11.6 Å². The fourth-order valence-corrected chi connectivity index (χ4v) is 2.13. The first-order valence-electron chi connectivity index (χ1n) is 5.07. The number of nitrogens with one attached hydrogen (secondary N) is 1. The van der Waals surface area contributed by atoms with E-state index in [1.807, 2.05) is 0 Å². The fraction of sp³-hybridized carbons (Fsp3) is 0.364. The Morgan fingerprint density at radius 1 is 1.44 bits per heavy atom. The molecule has 3 nitrogen and oxygen atoms in total. The van der Waals surface area contributed by atoms with Gasteiger partial charge in [-0.15, -0.1) is 0 Å². The number of nitrogens with two attached hydrogens (primary N) is 1. The number of benzene rings is 1. The predicted octanol–water partition coefficient (Wildman–Crippen LogP) is 1.76. The van der Waals surface area contributed by atoms with Gasteiger partial charge in [0.1, 0.15) is 5.82 Å². The molecule has 1 aliphatic rings. The fourth-order valence-electron chi connectivity index (χ4n) is 1.90. The average molecular weight is 243 g/mol. The summed E-state index contributed by atoms with van der Waals surface area (Å²) < 4.78 is 13.2. The Morgan fingerprint density at radius 2 is 2.19 bits per heavy atom. The van der Waals surface area contributed by atoms with Crippen molar-refractivity contribution in [1.29, 1.82) is 0 Å². The van der Waals surface area contributed by atoms with Crippen LogP contribution >= 0.6 is 11.6 Å². The number of carbonyl (C=O) groups excluding carboxylic acids is 1. The molecule has 0 spiro atoms. The summed E-state index contributed by atoms with van der Waals surface area (Å²) >= 11 is 5.76. The van der Waals surface area contributed by atoms with Gasteiger partial charge < -0.3 is 11.1 Å². The van der Waals surface area contributed by atoms with E-state index in [-0.39, 0.29) is 18.0 Å². The third kappa shape index (κ3) is 2.33. The molecule has 5 heteroatoms. The van der Waals surface area contributed by atoms with Gasteiger partial charge in [0, 0.05) is 17.5 Å². The van der Waals surface area contributed by atoms with Crippen LogP contribution in [0.5, 0.6) is 0 Å². The van der Waals surface area contributed by atoms with E-state index in [4.69, 9.17) is 17.3 Å². The molecule has 0 aromatic heterocycles. The molecule has 1 aliphatic heterocycles. The number of hydrogen-bond acceptors (Lipinski definition) is 2. The number of rotatable bonds is 1. The van der Waals surface area contributed by atoms with Gasteiger partial charge >= 0.3 is 0 Å². The molecule has 16 heavy (non-hydrogen) atoms. The van der Waals surface area contributed by atoms with E-state index in [1.54, 1.807) is 6.07 Å². The van der Waals surface area contributed by atoms with Crippen molar-refractivity contribution < 1.29 is 9.18 Å². The molecule has 0 saturated carbocycles. The topological polar surface area (TPSA) is 55.1 Å². The lowest BCUT2D eigenvalue weighted by molar-refractivity contribution is -0.123. The lowest BCUT2D eigenvalue weighted by Crippen LogP contribution is -2.45. The van der Waals surface area contributed by atoms with Crippen molar-refractivity contribution in [2.75, 3.05) is 0 Å². The molecular weight excluding hydrogens is 231 g/mol. The summed E-state index contributed by atoms with van der Waals surface area (Å²) in [5.74, 6) is -0.485. The van der Waals surface area contributed by atoms with Gasteiger partial charge in [-0.25, -0.2) is 4.39 Å². The van der Waals surface area contributed by atoms with Crippen LogP contribution < -0.4 is 11.1 Å². The largest absolute Gasteiger partial charge is 0.348 e. The van der Waals surface area contributed by atoms with Gasteiger partial charge in [-0.3, -0.25) is 4.79 Å².